The van der Waals surface area contributed by atoms with Gasteiger partial charge in [0.15, 0.2) is 0 Å². The second kappa shape index (κ2) is 10.2. The topological polar surface area (TPSA) is 79.5 Å². The average molecular weight is 315 g/mol. The van der Waals surface area contributed by atoms with Crippen molar-refractivity contribution >= 4 is 12.0 Å². The van der Waals surface area contributed by atoms with Crippen LogP contribution in [0.3, 0.4) is 0 Å². The first-order valence-electron chi connectivity index (χ1n) is 7.41. The summed E-state index contributed by atoms with van der Waals surface area (Å²) in [6.45, 7) is 5.03. The summed E-state index contributed by atoms with van der Waals surface area (Å²) < 4.78 is 0. The van der Waals surface area contributed by atoms with Crippen LogP contribution in [0.5, 0.6) is 0 Å². The van der Waals surface area contributed by atoms with Crippen LogP contribution in [0, 0.1) is 17.2 Å². The fraction of sp³-hybridized carbons (Fsp3) is 0.333. The van der Waals surface area contributed by atoms with Crippen LogP contribution in [0.1, 0.15) is 32.3 Å². The Bertz CT molecular complexity index is 597. The van der Waals surface area contributed by atoms with Gasteiger partial charge in [-0.1, -0.05) is 44.2 Å². The summed E-state index contributed by atoms with van der Waals surface area (Å²) in [7, 11) is 0. The molecule has 1 aliphatic heterocycles. The monoisotopic (exact) mass is 315 g/mol. The molecule has 0 saturated heterocycles. The maximum Gasteiger partial charge on any atom is 0.346 e. The number of hydrogen-bond acceptors (Lipinski definition) is 4. The zero-order valence-electron chi connectivity index (χ0n) is 13.4. The molecule has 2 rings (SSSR count). The van der Waals surface area contributed by atoms with Gasteiger partial charge in [0.05, 0.1) is 0 Å². The van der Waals surface area contributed by atoms with Crippen LogP contribution in [-0.2, 0) is 14.6 Å². The van der Waals surface area contributed by atoms with Gasteiger partial charge in [0, 0.05) is 6.42 Å². The average Bonchev–Trinajstić information content (AvgIpc) is 3.05. The number of benzene rings is 1. The molecule has 0 bridgehead atoms. The Hall–Kier alpha value is -2.58. The van der Waals surface area contributed by atoms with Crippen molar-refractivity contribution in [2.45, 2.75) is 26.7 Å². The quantitative estimate of drug-likeness (QED) is 0.505. The predicted molar refractivity (Wildman–Crippen MR) is 86.9 cm³/mol. The third-order valence-electron chi connectivity index (χ3n) is 2.97. The number of aliphatic carboxylic acids is 1. The number of carboxylic acid groups (broad SMARTS) is 1. The largest absolute Gasteiger partial charge is 0.477 e. The van der Waals surface area contributed by atoms with Gasteiger partial charge in [-0.3, -0.25) is 0 Å². The Kier molecular flexibility index (Phi) is 8.19. The summed E-state index contributed by atoms with van der Waals surface area (Å²) in [6.07, 6.45) is 5.51. The van der Waals surface area contributed by atoms with E-state index in [4.69, 9.17) is 20.1 Å². The Morgan fingerprint density at radius 2 is 2.09 bits per heavy atom. The molecule has 23 heavy (non-hydrogen) atoms. The lowest BCUT2D eigenvalue weighted by molar-refractivity contribution is -0.235. The van der Waals surface area contributed by atoms with Crippen molar-refractivity contribution in [3.8, 4) is 6.07 Å². The number of carboxylic acids is 1. The minimum absolute atomic E-state index is 0.258. The summed E-state index contributed by atoms with van der Waals surface area (Å²) in [5, 5.41) is 17.0. The van der Waals surface area contributed by atoms with Gasteiger partial charge in [0.1, 0.15) is 24.0 Å². The SMILES string of the molecule is CC(C)CCC1=CCOO1.N#CC(=Cc1ccccc1)C(=O)O. The Morgan fingerprint density at radius 1 is 1.39 bits per heavy atom. The van der Waals surface area contributed by atoms with Gasteiger partial charge in [-0.05, 0) is 30.1 Å². The lowest BCUT2D eigenvalue weighted by Crippen LogP contribution is -1.97. The molecule has 1 N–H and O–H groups in total. The van der Waals surface area contributed by atoms with E-state index in [1.807, 2.05) is 12.1 Å². The molecule has 0 radical (unpaired) electrons. The zero-order valence-corrected chi connectivity index (χ0v) is 13.4. The van der Waals surface area contributed by atoms with E-state index in [2.05, 4.69) is 13.8 Å². The van der Waals surface area contributed by atoms with E-state index >= 15 is 0 Å². The number of nitriles is 1. The second-order valence-electron chi connectivity index (χ2n) is 5.36. The van der Waals surface area contributed by atoms with Gasteiger partial charge in [-0.15, -0.1) is 0 Å². The molecule has 0 spiro atoms. The highest BCUT2D eigenvalue weighted by Gasteiger charge is 2.07. The minimum atomic E-state index is -1.20. The summed E-state index contributed by atoms with van der Waals surface area (Å²) in [4.78, 5) is 20.0. The van der Waals surface area contributed by atoms with Crippen LogP contribution in [0.4, 0.5) is 0 Å². The number of nitrogens with zero attached hydrogens (tertiary/aromatic N) is 1. The van der Waals surface area contributed by atoms with E-state index in [9.17, 15) is 4.79 Å². The van der Waals surface area contributed by atoms with Crippen molar-refractivity contribution in [3.05, 3.63) is 53.3 Å². The molecule has 0 unspecified atom stereocenters. The molecular formula is C18H21NO4. The van der Waals surface area contributed by atoms with Crippen LogP contribution in [0.2, 0.25) is 0 Å². The fourth-order valence-corrected chi connectivity index (χ4v) is 1.70. The maximum atomic E-state index is 10.4. The standard InChI is InChI=1S/C10H7NO2.C8H14O2/c11-7-9(10(12)13)6-8-4-2-1-3-5-8;1-7(2)3-4-8-5-6-9-10-8/h1-6H,(H,12,13);5,7H,3-4,6H2,1-2H3. The molecule has 0 amide bonds. The smallest absolute Gasteiger partial charge is 0.346 e. The summed E-state index contributed by atoms with van der Waals surface area (Å²) in [6, 6.07) is 10.5. The highest BCUT2D eigenvalue weighted by Crippen LogP contribution is 2.16. The van der Waals surface area contributed by atoms with Crippen LogP contribution >= 0.6 is 0 Å². The van der Waals surface area contributed by atoms with Crippen molar-refractivity contribution in [1.29, 1.82) is 5.26 Å². The molecule has 0 saturated carbocycles. The predicted octanol–water partition coefficient (Wildman–Crippen LogP) is 3.95. The molecule has 1 aliphatic rings. The summed E-state index contributed by atoms with van der Waals surface area (Å²) in [5.74, 6) is 0.533. The first kappa shape index (κ1) is 18.5. The van der Waals surface area contributed by atoms with E-state index in [1.165, 1.54) is 12.5 Å². The lowest BCUT2D eigenvalue weighted by atomic mass is 10.1. The first-order valence-corrected chi connectivity index (χ1v) is 7.41. The van der Waals surface area contributed by atoms with Crippen LogP contribution in [-0.4, -0.2) is 17.7 Å². The van der Waals surface area contributed by atoms with E-state index in [0.717, 1.165) is 18.1 Å². The number of allylic oxidation sites excluding steroid dienone is 1. The van der Waals surface area contributed by atoms with E-state index in [0.29, 0.717) is 12.2 Å². The third kappa shape index (κ3) is 7.84. The summed E-state index contributed by atoms with van der Waals surface area (Å²) in [5.41, 5.74) is 0.452. The van der Waals surface area contributed by atoms with Crippen molar-refractivity contribution in [1.82, 2.24) is 0 Å². The van der Waals surface area contributed by atoms with Crippen molar-refractivity contribution in [2.24, 2.45) is 5.92 Å². The van der Waals surface area contributed by atoms with Crippen LogP contribution < -0.4 is 0 Å². The molecule has 5 nitrogen and oxygen atoms in total. The molecule has 5 heteroatoms. The van der Waals surface area contributed by atoms with Gasteiger partial charge in [0.25, 0.3) is 0 Å². The van der Waals surface area contributed by atoms with Gasteiger partial charge in [-0.25, -0.2) is 4.79 Å². The number of hydrogen-bond donors (Lipinski definition) is 1. The molecular weight excluding hydrogens is 294 g/mol. The first-order chi connectivity index (χ1) is 11.0. The van der Waals surface area contributed by atoms with E-state index < -0.39 is 5.97 Å². The number of carbonyl (C=O) groups is 1. The van der Waals surface area contributed by atoms with E-state index in [-0.39, 0.29) is 5.57 Å². The van der Waals surface area contributed by atoms with Gasteiger partial charge in [0.2, 0.25) is 0 Å². The van der Waals surface area contributed by atoms with Crippen molar-refractivity contribution < 1.29 is 19.7 Å². The lowest BCUT2D eigenvalue weighted by Gasteiger charge is -2.03. The molecule has 1 aromatic rings. The number of rotatable bonds is 5. The molecule has 122 valence electrons. The fourth-order valence-electron chi connectivity index (χ4n) is 1.70. The molecule has 0 aromatic heterocycles. The highest BCUT2D eigenvalue weighted by atomic mass is 17.2. The third-order valence-corrected chi connectivity index (χ3v) is 2.97. The highest BCUT2D eigenvalue weighted by molar-refractivity contribution is 5.96. The summed E-state index contributed by atoms with van der Waals surface area (Å²) >= 11 is 0. The maximum absolute atomic E-state index is 10.4. The molecule has 1 heterocycles. The molecule has 0 fully saturated rings. The molecule has 0 aliphatic carbocycles. The van der Waals surface area contributed by atoms with E-state index in [1.54, 1.807) is 30.3 Å². The Morgan fingerprint density at radius 3 is 2.57 bits per heavy atom. The normalized spacial score (nSPS) is 13.5. The van der Waals surface area contributed by atoms with Gasteiger partial charge in [-0.2, -0.15) is 10.1 Å². The van der Waals surface area contributed by atoms with Gasteiger partial charge < -0.3 is 9.99 Å². The molecule has 0 atom stereocenters. The zero-order chi connectivity index (χ0) is 17.1. The van der Waals surface area contributed by atoms with Gasteiger partial charge >= 0.3 is 5.97 Å². The Balaban J connectivity index is 0.000000238. The minimum Gasteiger partial charge on any atom is -0.477 e. The Labute approximate surface area is 136 Å². The van der Waals surface area contributed by atoms with Crippen LogP contribution in [0.15, 0.2) is 47.7 Å². The van der Waals surface area contributed by atoms with Crippen LogP contribution in [0.25, 0.3) is 6.08 Å². The second-order valence-corrected chi connectivity index (χ2v) is 5.36. The molecule has 1 aromatic carbocycles. The van der Waals surface area contributed by atoms with Crippen molar-refractivity contribution in [2.75, 3.05) is 6.61 Å². The van der Waals surface area contributed by atoms with Crippen molar-refractivity contribution in [3.63, 3.8) is 0 Å².